The number of para-hydroxylation sites is 1. The third-order valence-electron chi connectivity index (χ3n) is 5.10. The summed E-state index contributed by atoms with van der Waals surface area (Å²) in [5, 5.41) is 5.97. The molecule has 0 unspecified atom stereocenters. The number of nitrogens with one attached hydrogen (secondary N) is 2. The number of pyridine rings is 1. The summed E-state index contributed by atoms with van der Waals surface area (Å²) in [7, 11) is -3.64. The molecular weight excluding hydrogens is 442 g/mol. The first kappa shape index (κ1) is 20.3. The molecule has 1 heterocycles. The summed E-state index contributed by atoms with van der Waals surface area (Å²) >= 11 is 6.26. The van der Waals surface area contributed by atoms with Gasteiger partial charge in [0.2, 0.25) is 0 Å². The second-order valence-corrected chi connectivity index (χ2v) is 9.41. The van der Waals surface area contributed by atoms with Crippen molar-refractivity contribution < 1.29 is 8.42 Å². The molecule has 0 bridgehead atoms. The number of aromatic nitrogens is 1. The van der Waals surface area contributed by atoms with E-state index in [1.807, 2.05) is 54.6 Å². The Bertz CT molecular complexity index is 1540. The Labute approximate surface area is 190 Å². The second-order valence-electron chi connectivity index (χ2n) is 7.29. The van der Waals surface area contributed by atoms with Gasteiger partial charge in [-0.2, -0.15) is 0 Å². The number of rotatable bonds is 5. The van der Waals surface area contributed by atoms with Crippen molar-refractivity contribution in [1.82, 2.24) is 4.98 Å². The first-order valence-corrected chi connectivity index (χ1v) is 11.8. The van der Waals surface area contributed by atoms with Gasteiger partial charge in [-0.25, -0.2) is 13.4 Å². The van der Waals surface area contributed by atoms with Crippen LogP contribution in [0.15, 0.2) is 102 Å². The molecule has 1 aromatic heterocycles. The highest BCUT2D eigenvalue weighted by molar-refractivity contribution is 7.92. The monoisotopic (exact) mass is 459 g/mol. The van der Waals surface area contributed by atoms with Gasteiger partial charge in [0.15, 0.2) is 0 Å². The van der Waals surface area contributed by atoms with Gasteiger partial charge in [0, 0.05) is 27.2 Å². The fourth-order valence-electron chi connectivity index (χ4n) is 3.58. The fraction of sp³-hybridized carbons (Fsp3) is 0. The van der Waals surface area contributed by atoms with E-state index in [9.17, 15) is 8.42 Å². The lowest BCUT2D eigenvalue weighted by molar-refractivity contribution is 0.601. The van der Waals surface area contributed by atoms with Crippen LogP contribution in [0.3, 0.4) is 0 Å². The lowest BCUT2D eigenvalue weighted by atomic mass is 10.1. The maximum atomic E-state index is 12.6. The molecule has 32 heavy (non-hydrogen) atoms. The quantitative estimate of drug-likeness (QED) is 0.291. The van der Waals surface area contributed by atoms with Gasteiger partial charge in [-0.1, -0.05) is 48.0 Å². The van der Waals surface area contributed by atoms with Crippen molar-refractivity contribution in [2.24, 2.45) is 0 Å². The molecule has 5 aromatic rings. The molecule has 0 aliphatic carbocycles. The molecule has 4 aromatic carbocycles. The summed E-state index contributed by atoms with van der Waals surface area (Å²) in [5.41, 5.74) is 3.89. The molecule has 0 fully saturated rings. The second kappa shape index (κ2) is 8.15. The predicted octanol–water partition coefficient (Wildman–Crippen LogP) is 6.59. The number of nitrogens with zero attached hydrogens (tertiary/aromatic N) is 1. The highest BCUT2D eigenvalue weighted by Gasteiger charge is 2.14. The largest absolute Gasteiger partial charge is 0.354 e. The van der Waals surface area contributed by atoms with Crippen molar-refractivity contribution in [2.45, 2.75) is 4.90 Å². The van der Waals surface area contributed by atoms with Crippen LogP contribution in [-0.2, 0) is 10.0 Å². The van der Waals surface area contributed by atoms with Crippen LogP contribution in [-0.4, -0.2) is 13.4 Å². The maximum Gasteiger partial charge on any atom is 0.261 e. The van der Waals surface area contributed by atoms with E-state index in [4.69, 9.17) is 16.6 Å². The lowest BCUT2D eigenvalue weighted by Gasteiger charge is -2.14. The van der Waals surface area contributed by atoms with Crippen LogP contribution in [0.5, 0.6) is 0 Å². The number of sulfonamides is 1. The first-order valence-electron chi connectivity index (χ1n) is 9.93. The van der Waals surface area contributed by atoms with Crippen LogP contribution in [0, 0.1) is 0 Å². The Morgan fingerprint density at radius 2 is 1.34 bits per heavy atom. The SMILES string of the molecule is O=S(=O)(Nc1ccc(Nc2c3ccccc3nc3ccc(Cl)cc23)cc1)c1ccccc1. The van der Waals surface area contributed by atoms with Crippen LogP contribution in [0.4, 0.5) is 17.1 Å². The number of hydrogen-bond acceptors (Lipinski definition) is 4. The van der Waals surface area contributed by atoms with E-state index >= 15 is 0 Å². The van der Waals surface area contributed by atoms with E-state index < -0.39 is 10.0 Å². The van der Waals surface area contributed by atoms with Gasteiger partial charge < -0.3 is 5.32 Å². The van der Waals surface area contributed by atoms with E-state index in [1.54, 1.807) is 42.5 Å². The van der Waals surface area contributed by atoms with Gasteiger partial charge in [0.05, 0.1) is 21.6 Å². The molecule has 0 amide bonds. The molecule has 0 spiro atoms. The summed E-state index contributed by atoms with van der Waals surface area (Å²) < 4.78 is 27.7. The van der Waals surface area contributed by atoms with Gasteiger partial charge in [-0.3, -0.25) is 4.72 Å². The summed E-state index contributed by atoms with van der Waals surface area (Å²) in [4.78, 5) is 4.95. The summed E-state index contributed by atoms with van der Waals surface area (Å²) in [5.74, 6) is 0. The number of benzene rings is 4. The van der Waals surface area contributed by atoms with Crippen molar-refractivity contribution in [3.8, 4) is 0 Å². The molecule has 7 heteroatoms. The number of anilines is 3. The van der Waals surface area contributed by atoms with Crippen LogP contribution >= 0.6 is 11.6 Å². The van der Waals surface area contributed by atoms with Crippen molar-refractivity contribution in [3.63, 3.8) is 0 Å². The van der Waals surface area contributed by atoms with Gasteiger partial charge >= 0.3 is 0 Å². The predicted molar refractivity (Wildman–Crippen MR) is 131 cm³/mol. The standard InChI is InChI=1S/C25H18ClN3O2S/c26-17-10-15-24-22(16-17)25(21-8-4-5-9-23(21)28-24)27-18-11-13-19(14-12-18)29-32(30,31)20-6-2-1-3-7-20/h1-16,29H,(H,27,28). The normalized spacial score (nSPS) is 11.5. The van der Waals surface area contributed by atoms with Crippen molar-refractivity contribution in [2.75, 3.05) is 10.0 Å². The molecule has 0 radical (unpaired) electrons. The Morgan fingerprint density at radius 3 is 2.12 bits per heavy atom. The molecule has 0 saturated carbocycles. The van der Waals surface area contributed by atoms with Crippen molar-refractivity contribution >= 4 is 60.5 Å². The third kappa shape index (κ3) is 3.98. The summed E-state index contributed by atoms with van der Waals surface area (Å²) in [6.07, 6.45) is 0. The molecule has 5 rings (SSSR count). The smallest absolute Gasteiger partial charge is 0.261 e. The first-order chi connectivity index (χ1) is 15.5. The molecule has 0 saturated heterocycles. The molecule has 0 aliphatic rings. The third-order valence-corrected chi connectivity index (χ3v) is 6.73. The zero-order valence-corrected chi connectivity index (χ0v) is 18.4. The average molecular weight is 460 g/mol. The summed E-state index contributed by atoms with van der Waals surface area (Å²) in [6.45, 7) is 0. The minimum Gasteiger partial charge on any atom is -0.354 e. The van der Waals surface area contributed by atoms with Crippen LogP contribution in [0.1, 0.15) is 0 Å². The molecule has 5 nitrogen and oxygen atoms in total. The van der Waals surface area contributed by atoms with Gasteiger partial charge in [-0.05, 0) is 60.7 Å². The molecule has 158 valence electrons. The minimum absolute atomic E-state index is 0.216. The zero-order chi connectivity index (χ0) is 22.1. The van der Waals surface area contributed by atoms with Gasteiger partial charge in [0.25, 0.3) is 10.0 Å². The van der Waals surface area contributed by atoms with E-state index in [0.717, 1.165) is 33.2 Å². The summed E-state index contributed by atoms with van der Waals surface area (Å²) in [6, 6.07) is 28.9. The van der Waals surface area contributed by atoms with E-state index in [-0.39, 0.29) is 4.90 Å². The van der Waals surface area contributed by atoms with E-state index in [0.29, 0.717) is 10.7 Å². The Balaban J connectivity index is 1.49. The molecule has 2 N–H and O–H groups in total. The van der Waals surface area contributed by atoms with E-state index in [1.165, 1.54) is 0 Å². The Kier molecular flexibility index (Phi) is 5.17. The molecule has 0 atom stereocenters. The fourth-order valence-corrected chi connectivity index (χ4v) is 4.83. The molecular formula is C25H18ClN3O2S. The number of hydrogen-bond donors (Lipinski definition) is 2. The highest BCUT2D eigenvalue weighted by atomic mass is 35.5. The molecule has 0 aliphatic heterocycles. The minimum atomic E-state index is -3.64. The van der Waals surface area contributed by atoms with E-state index in [2.05, 4.69) is 10.0 Å². The average Bonchev–Trinajstić information content (AvgIpc) is 2.81. The Hall–Kier alpha value is -3.61. The van der Waals surface area contributed by atoms with Crippen LogP contribution < -0.4 is 10.0 Å². The zero-order valence-electron chi connectivity index (χ0n) is 16.8. The van der Waals surface area contributed by atoms with Gasteiger partial charge in [0.1, 0.15) is 0 Å². The highest BCUT2D eigenvalue weighted by Crippen LogP contribution is 2.34. The lowest BCUT2D eigenvalue weighted by Crippen LogP contribution is -2.12. The maximum absolute atomic E-state index is 12.6. The number of fused-ring (bicyclic) bond motifs is 2. The van der Waals surface area contributed by atoms with Gasteiger partial charge in [-0.15, -0.1) is 0 Å². The number of halogens is 1. The van der Waals surface area contributed by atoms with Crippen molar-refractivity contribution in [3.05, 3.63) is 102 Å². The van der Waals surface area contributed by atoms with Crippen molar-refractivity contribution in [1.29, 1.82) is 0 Å². The Morgan fingerprint density at radius 1 is 0.688 bits per heavy atom. The van der Waals surface area contributed by atoms with Crippen LogP contribution in [0.25, 0.3) is 21.8 Å². The van der Waals surface area contributed by atoms with Crippen LogP contribution in [0.2, 0.25) is 5.02 Å². The topological polar surface area (TPSA) is 71.1 Å².